The summed E-state index contributed by atoms with van der Waals surface area (Å²) in [5.41, 5.74) is 7.64. The van der Waals surface area contributed by atoms with Gasteiger partial charge >= 0.3 is 0 Å². The lowest BCUT2D eigenvalue weighted by Crippen LogP contribution is -2.10. The van der Waals surface area contributed by atoms with Crippen LogP contribution in [0.3, 0.4) is 0 Å². The van der Waals surface area contributed by atoms with Gasteiger partial charge in [-0.2, -0.15) is 0 Å². The van der Waals surface area contributed by atoms with Gasteiger partial charge in [-0.05, 0) is 36.4 Å². The molecular formula is C15H11ClN4O. The van der Waals surface area contributed by atoms with Crippen molar-refractivity contribution >= 4 is 17.4 Å². The molecular weight excluding hydrogens is 288 g/mol. The first-order chi connectivity index (χ1) is 10.1. The van der Waals surface area contributed by atoms with Crippen molar-refractivity contribution in [2.24, 2.45) is 5.73 Å². The second kappa shape index (κ2) is 5.38. The SMILES string of the molecule is N=C(N)c1ccc(-c2nnc(-c3ccc(Cl)cc3)o2)cc1. The molecule has 21 heavy (non-hydrogen) atoms. The Balaban J connectivity index is 1.90. The zero-order chi connectivity index (χ0) is 14.8. The second-order valence-electron chi connectivity index (χ2n) is 4.41. The van der Waals surface area contributed by atoms with Crippen LogP contribution in [0.1, 0.15) is 5.56 Å². The molecule has 1 heterocycles. The molecule has 0 aliphatic heterocycles. The molecule has 0 spiro atoms. The molecule has 1 aromatic heterocycles. The summed E-state index contributed by atoms with van der Waals surface area (Å²) >= 11 is 5.85. The van der Waals surface area contributed by atoms with Crippen molar-refractivity contribution in [3.63, 3.8) is 0 Å². The summed E-state index contributed by atoms with van der Waals surface area (Å²) < 4.78 is 5.65. The number of halogens is 1. The van der Waals surface area contributed by atoms with Gasteiger partial charge in [0.2, 0.25) is 11.8 Å². The van der Waals surface area contributed by atoms with Crippen LogP contribution in [-0.2, 0) is 0 Å². The lowest BCUT2D eigenvalue weighted by Gasteiger charge is -1.99. The first kappa shape index (κ1) is 13.3. The number of nitrogens with one attached hydrogen (secondary N) is 1. The van der Waals surface area contributed by atoms with Crippen molar-refractivity contribution in [1.82, 2.24) is 10.2 Å². The van der Waals surface area contributed by atoms with Gasteiger partial charge in [-0.3, -0.25) is 5.41 Å². The molecule has 0 saturated heterocycles. The number of amidine groups is 1. The van der Waals surface area contributed by atoms with Crippen molar-refractivity contribution in [2.75, 3.05) is 0 Å². The van der Waals surface area contributed by atoms with E-state index in [-0.39, 0.29) is 5.84 Å². The first-order valence-electron chi connectivity index (χ1n) is 6.18. The maximum atomic E-state index is 7.36. The largest absolute Gasteiger partial charge is 0.416 e. The molecule has 3 N–H and O–H groups in total. The van der Waals surface area contributed by atoms with Crippen LogP contribution in [0.4, 0.5) is 0 Å². The van der Waals surface area contributed by atoms with Gasteiger partial charge in [-0.25, -0.2) is 0 Å². The second-order valence-corrected chi connectivity index (χ2v) is 4.85. The lowest BCUT2D eigenvalue weighted by molar-refractivity contribution is 0.584. The molecule has 0 amide bonds. The Bertz CT molecular complexity index is 778. The van der Waals surface area contributed by atoms with Crippen LogP contribution < -0.4 is 5.73 Å². The van der Waals surface area contributed by atoms with Gasteiger partial charge in [0.1, 0.15) is 5.84 Å². The highest BCUT2D eigenvalue weighted by molar-refractivity contribution is 6.30. The number of nitrogens with two attached hydrogens (primary N) is 1. The van der Waals surface area contributed by atoms with Crippen LogP contribution in [0.15, 0.2) is 52.9 Å². The predicted molar refractivity (Wildman–Crippen MR) is 81.2 cm³/mol. The van der Waals surface area contributed by atoms with Crippen LogP contribution in [0, 0.1) is 5.41 Å². The smallest absolute Gasteiger partial charge is 0.248 e. The maximum absolute atomic E-state index is 7.36. The van der Waals surface area contributed by atoms with E-state index in [1.807, 2.05) is 12.1 Å². The van der Waals surface area contributed by atoms with E-state index in [2.05, 4.69) is 10.2 Å². The molecule has 0 aliphatic rings. The highest BCUT2D eigenvalue weighted by Crippen LogP contribution is 2.25. The van der Waals surface area contributed by atoms with Gasteiger partial charge in [0.25, 0.3) is 0 Å². The molecule has 6 heteroatoms. The number of hydrogen-bond acceptors (Lipinski definition) is 4. The first-order valence-corrected chi connectivity index (χ1v) is 6.55. The molecule has 0 bridgehead atoms. The minimum atomic E-state index is 0.0222. The normalized spacial score (nSPS) is 10.5. The number of nitrogens with zero attached hydrogens (tertiary/aromatic N) is 2. The zero-order valence-electron chi connectivity index (χ0n) is 10.9. The van der Waals surface area contributed by atoms with E-state index in [0.717, 1.165) is 11.1 Å². The Hall–Kier alpha value is -2.66. The molecule has 0 radical (unpaired) electrons. The Kier molecular flexibility index (Phi) is 3.41. The third kappa shape index (κ3) is 2.78. The third-order valence-corrected chi connectivity index (χ3v) is 3.21. The summed E-state index contributed by atoms with van der Waals surface area (Å²) in [5.74, 6) is 0.862. The molecule has 2 aromatic carbocycles. The quantitative estimate of drug-likeness (QED) is 0.573. The van der Waals surface area contributed by atoms with Crippen LogP contribution >= 0.6 is 11.6 Å². The molecule has 3 rings (SSSR count). The monoisotopic (exact) mass is 298 g/mol. The molecule has 0 fully saturated rings. The van der Waals surface area contributed by atoms with Crippen LogP contribution in [0.25, 0.3) is 22.9 Å². The molecule has 104 valence electrons. The number of rotatable bonds is 3. The average Bonchev–Trinajstić information content (AvgIpc) is 2.98. The fraction of sp³-hybridized carbons (Fsp3) is 0. The van der Waals surface area contributed by atoms with Gasteiger partial charge in [0, 0.05) is 21.7 Å². The number of aromatic nitrogens is 2. The molecule has 0 atom stereocenters. The van der Waals surface area contributed by atoms with Crippen molar-refractivity contribution in [3.05, 3.63) is 59.1 Å². The topological polar surface area (TPSA) is 88.8 Å². The summed E-state index contributed by atoms with van der Waals surface area (Å²) in [6, 6.07) is 14.2. The van der Waals surface area contributed by atoms with Gasteiger partial charge in [0.15, 0.2) is 0 Å². The van der Waals surface area contributed by atoms with Gasteiger partial charge in [0.05, 0.1) is 0 Å². The lowest BCUT2D eigenvalue weighted by atomic mass is 10.1. The summed E-state index contributed by atoms with van der Waals surface area (Å²) in [6.45, 7) is 0. The molecule has 0 unspecified atom stereocenters. The Morgan fingerprint density at radius 3 is 1.86 bits per heavy atom. The van der Waals surface area contributed by atoms with Crippen molar-refractivity contribution in [2.45, 2.75) is 0 Å². The molecule has 0 aliphatic carbocycles. The Morgan fingerprint density at radius 1 is 0.905 bits per heavy atom. The highest BCUT2D eigenvalue weighted by atomic mass is 35.5. The number of benzene rings is 2. The number of nitrogen functional groups attached to an aromatic ring is 1. The van der Waals surface area contributed by atoms with Gasteiger partial charge in [-0.15, -0.1) is 10.2 Å². The molecule has 3 aromatic rings. The van der Waals surface area contributed by atoms with Crippen molar-refractivity contribution in [1.29, 1.82) is 5.41 Å². The predicted octanol–water partition coefficient (Wildman–Crippen LogP) is 3.34. The van der Waals surface area contributed by atoms with E-state index in [9.17, 15) is 0 Å². The fourth-order valence-electron chi connectivity index (χ4n) is 1.84. The minimum absolute atomic E-state index is 0.0222. The van der Waals surface area contributed by atoms with Crippen molar-refractivity contribution < 1.29 is 4.42 Å². The van der Waals surface area contributed by atoms with E-state index in [0.29, 0.717) is 22.4 Å². The fourth-order valence-corrected chi connectivity index (χ4v) is 1.97. The van der Waals surface area contributed by atoms with Crippen molar-refractivity contribution in [3.8, 4) is 22.9 Å². The van der Waals surface area contributed by atoms with Crippen LogP contribution in [0.2, 0.25) is 5.02 Å². The highest BCUT2D eigenvalue weighted by Gasteiger charge is 2.10. The van der Waals surface area contributed by atoms with Gasteiger partial charge < -0.3 is 10.2 Å². The summed E-state index contributed by atoms with van der Waals surface area (Å²) in [7, 11) is 0. The molecule has 5 nitrogen and oxygen atoms in total. The van der Waals surface area contributed by atoms with E-state index in [1.165, 1.54) is 0 Å². The van der Waals surface area contributed by atoms with Crippen LogP contribution in [-0.4, -0.2) is 16.0 Å². The summed E-state index contributed by atoms with van der Waals surface area (Å²) in [4.78, 5) is 0. The molecule has 0 saturated carbocycles. The zero-order valence-corrected chi connectivity index (χ0v) is 11.6. The third-order valence-electron chi connectivity index (χ3n) is 2.96. The van der Waals surface area contributed by atoms with E-state index < -0.39 is 0 Å². The van der Waals surface area contributed by atoms with Gasteiger partial charge in [-0.1, -0.05) is 23.7 Å². The standard InChI is InChI=1S/C15H11ClN4O/c16-12-7-5-11(6-8-12)15-20-19-14(21-15)10-3-1-9(2-4-10)13(17)18/h1-8H,(H3,17,18). The maximum Gasteiger partial charge on any atom is 0.248 e. The Morgan fingerprint density at radius 2 is 1.38 bits per heavy atom. The Labute approximate surface area is 125 Å². The van der Waals surface area contributed by atoms with E-state index >= 15 is 0 Å². The van der Waals surface area contributed by atoms with E-state index in [1.54, 1.807) is 36.4 Å². The average molecular weight is 299 g/mol. The van der Waals surface area contributed by atoms with E-state index in [4.69, 9.17) is 27.2 Å². The summed E-state index contributed by atoms with van der Waals surface area (Å²) in [5, 5.41) is 16.1. The number of hydrogen-bond donors (Lipinski definition) is 2. The minimum Gasteiger partial charge on any atom is -0.416 e. The van der Waals surface area contributed by atoms with Crippen LogP contribution in [0.5, 0.6) is 0 Å². The summed E-state index contributed by atoms with van der Waals surface area (Å²) in [6.07, 6.45) is 0.